The highest BCUT2D eigenvalue weighted by atomic mass is 16.2. The van der Waals surface area contributed by atoms with Gasteiger partial charge in [-0.3, -0.25) is 9.59 Å². The highest BCUT2D eigenvalue weighted by molar-refractivity contribution is 5.81. The number of carbonyl (C=O) groups excluding carboxylic acids is 2. The number of benzene rings is 1. The van der Waals surface area contributed by atoms with Crippen molar-refractivity contribution in [2.45, 2.75) is 52.2 Å². The number of nitrogens with one attached hydrogen (secondary N) is 1. The Bertz CT molecular complexity index is 576. The van der Waals surface area contributed by atoms with Gasteiger partial charge in [0.25, 0.3) is 0 Å². The number of likely N-dealkylation sites (tertiary alicyclic amines) is 1. The Morgan fingerprint density at radius 2 is 2.00 bits per heavy atom. The lowest BCUT2D eigenvalue weighted by atomic mass is 9.89. The molecule has 1 aliphatic rings. The molecule has 1 aromatic rings. The minimum atomic E-state index is -0.225. The van der Waals surface area contributed by atoms with E-state index < -0.39 is 0 Å². The van der Waals surface area contributed by atoms with Crippen LogP contribution in [0.4, 0.5) is 0 Å². The summed E-state index contributed by atoms with van der Waals surface area (Å²) in [7, 11) is 1.85. The van der Waals surface area contributed by atoms with Gasteiger partial charge in [0.15, 0.2) is 0 Å². The largest absolute Gasteiger partial charge is 0.343 e. The van der Waals surface area contributed by atoms with Crippen molar-refractivity contribution in [2.24, 2.45) is 5.92 Å². The molecule has 0 unspecified atom stereocenters. The van der Waals surface area contributed by atoms with Gasteiger partial charge in [0.1, 0.15) is 0 Å². The monoisotopic (exact) mass is 345 g/mol. The van der Waals surface area contributed by atoms with Crippen molar-refractivity contribution in [1.29, 1.82) is 0 Å². The standard InChI is InChI=1S/C20H31N3O2/c1-5-18-14-23(16(3)24)12-11-19(18)21-15(2)20(25)22(4)13-17-9-7-6-8-10-17/h6-10,15,18-19,21H,5,11-14H2,1-4H3/t15-,18-,19-/m1/s1. The van der Waals surface area contributed by atoms with Crippen LogP contribution >= 0.6 is 0 Å². The average Bonchev–Trinajstić information content (AvgIpc) is 2.61. The zero-order valence-corrected chi connectivity index (χ0v) is 15.9. The summed E-state index contributed by atoms with van der Waals surface area (Å²) in [6.45, 7) is 7.89. The minimum absolute atomic E-state index is 0.104. The lowest BCUT2D eigenvalue weighted by Gasteiger charge is -2.39. The number of rotatable bonds is 6. The number of hydrogen-bond donors (Lipinski definition) is 1. The molecular weight excluding hydrogens is 314 g/mol. The highest BCUT2D eigenvalue weighted by Crippen LogP contribution is 2.21. The van der Waals surface area contributed by atoms with E-state index in [1.807, 2.05) is 49.2 Å². The molecule has 3 atom stereocenters. The lowest BCUT2D eigenvalue weighted by molar-refractivity contribution is -0.134. The summed E-state index contributed by atoms with van der Waals surface area (Å²) in [5, 5.41) is 3.52. The molecule has 0 aromatic heterocycles. The Morgan fingerprint density at radius 1 is 1.32 bits per heavy atom. The molecule has 1 saturated heterocycles. The average molecular weight is 345 g/mol. The predicted molar refractivity (Wildman–Crippen MR) is 100.0 cm³/mol. The predicted octanol–water partition coefficient (Wildman–Crippen LogP) is 2.27. The lowest BCUT2D eigenvalue weighted by Crippen LogP contribution is -2.55. The summed E-state index contributed by atoms with van der Waals surface area (Å²) in [5.74, 6) is 0.642. The molecule has 1 N–H and O–H groups in total. The van der Waals surface area contributed by atoms with E-state index in [0.717, 1.165) is 31.5 Å². The van der Waals surface area contributed by atoms with E-state index in [1.54, 1.807) is 11.8 Å². The van der Waals surface area contributed by atoms with Crippen molar-refractivity contribution < 1.29 is 9.59 Å². The number of amides is 2. The van der Waals surface area contributed by atoms with Crippen LogP contribution in [-0.2, 0) is 16.1 Å². The van der Waals surface area contributed by atoms with Crippen LogP contribution in [0.3, 0.4) is 0 Å². The number of hydrogen-bond acceptors (Lipinski definition) is 3. The van der Waals surface area contributed by atoms with Crippen molar-refractivity contribution in [3.05, 3.63) is 35.9 Å². The molecule has 0 aliphatic carbocycles. The van der Waals surface area contributed by atoms with Crippen LogP contribution in [0, 0.1) is 5.92 Å². The second kappa shape index (κ2) is 8.99. The third kappa shape index (κ3) is 5.30. The van der Waals surface area contributed by atoms with Crippen molar-refractivity contribution in [3.8, 4) is 0 Å². The Kier molecular flexibility index (Phi) is 7.00. The quantitative estimate of drug-likeness (QED) is 0.860. The first-order chi connectivity index (χ1) is 11.9. The fraction of sp³-hybridized carbons (Fsp3) is 0.600. The molecule has 1 aromatic carbocycles. The van der Waals surface area contributed by atoms with Crippen molar-refractivity contribution in [3.63, 3.8) is 0 Å². The summed E-state index contributed by atoms with van der Waals surface area (Å²) in [6.07, 6.45) is 1.90. The van der Waals surface area contributed by atoms with Crippen LogP contribution in [0.1, 0.15) is 39.2 Å². The summed E-state index contributed by atoms with van der Waals surface area (Å²) in [6, 6.07) is 10.1. The molecule has 1 fully saturated rings. The van der Waals surface area contributed by atoms with E-state index in [0.29, 0.717) is 12.5 Å². The second-order valence-electron chi connectivity index (χ2n) is 7.10. The number of likely N-dealkylation sites (N-methyl/N-ethyl adjacent to an activating group) is 1. The van der Waals surface area contributed by atoms with E-state index in [2.05, 4.69) is 12.2 Å². The van der Waals surface area contributed by atoms with Gasteiger partial charge in [-0.15, -0.1) is 0 Å². The molecule has 0 saturated carbocycles. The van der Waals surface area contributed by atoms with Gasteiger partial charge in [0.05, 0.1) is 6.04 Å². The highest BCUT2D eigenvalue weighted by Gasteiger charge is 2.31. The Morgan fingerprint density at radius 3 is 2.60 bits per heavy atom. The first-order valence-corrected chi connectivity index (χ1v) is 9.22. The van der Waals surface area contributed by atoms with Gasteiger partial charge in [-0.05, 0) is 24.8 Å². The molecule has 0 bridgehead atoms. The SMILES string of the molecule is CC[C@@H]1CN(C(C)=O)CC[C@H]1N[C@H](C)C(=O)N(C)Cc1ccccc1. The normalized spacial score (nSPS) is 21.7. The molecule has 2 amide bonds. The van der Waals surface area contributed by atoms with Crippen LogP contribution in [0.15, 0.2) is 30.3 Å². The first-order valence-electron chi connectivity index (χ1n) is 9.22. The zero-order valence-electron chi connectivity index (χ0n) is 15.9. The summed E-state index contributed by atoms with van der Waals surface area (Å²) in [5.41, 5.74) is 1.13. The van der Waals surface area contributed by atoms with Crippen molar-refractivity contribution >= 4 is 11.8 Å². The summed E-state index contributed by atoms with van der Waals surface area (Å²) < 4.78 is 0. The zero-order chi connectivity index (χ0) is 18.4. The third-order valence-electron chi connectivity index (χ3n) is 5.18. The maximum atomic E-state index is 12.7. The van der Waals surface area contributed by atoms with E-state index >= 15 is 0 Å². The Labute approximate surface area is 151 Å². The van der Waals surface area contributed by atoms with Crippen molar-refractivity contribution in [1.82, 2.24) is 15.1 Å². The molecule has 2 rings (SSSR count). The van der Waals surface area contributed by atoms with Crippen molar-refractivity contribution in [2.75, 3.05) is 20.1 Å². The third-order valence-corrected chi connectivity index (χ3v) is 5.18. The van der Waals surface area contributed by atoms with Crippen LogP contribution in [-0.4, -0.2) is 53.8 Å². The van der Waals surface area contributed by atoms with Crippen LogP contribution < -0.4 is 5.32 Å². The maximum absolute atomic E-state index is 12.7. The van der Waals surface area contributed by atoms with Crippen LogP contribution in [0.5, 0.6) is 0 Å². The number of carbonyl (C=O) groups is 2. The molecule has 138 valence electrons. The van der Waals surface area contributed by atoms with Gasteiger partial charge in [0, 0.05) is 39.6 Å². The Hall–Kier alpha value is -1.88. The van der Waals surface area contributed by atoms with Crippen LogP contribution in [0.25, 0.3) is 0 Å². The molecule has 25 heavy (non-hydrogen) atoms. The summed E-state index contributed by atoms with van der Waals surface area (Å²) >= 11 is 0. The smallest absolute Gasteiger partial charge is 0.239 e. The first kappa shape index (κ1) is 19.4. The van der Waals surface area contributed by atoms with Gasteiger partial charge in [-0.2, -0.15) is 0 Å². The maximum Gasteiger partial charge on any atom is 0.239 e. The topological polar surface area (TPSA) is 52.7 Å². The molecule has 5 heteroatoms. The molecule has 1 heterocycles. The molecular formula is C20H31N3O2. The number of nitrogens with zero attached hydrogens (tertiary/aromatic N) is 2. The van der Waals surface area contributed by atoms with Gasteiger partial charge in [-0.25, -0.2) is 0 Å². The van der Waals surface area contributed by atoms with Gasteiger partial charge in [0.2, 0.25) is 11.8 Å². The van der Waals surface area contributed by atoms with E-state index in [-0.39, 0.29) is 23.9 Å². The summed E-state index contributed by atoms with van der Waals surface area (Å²) in [4.78, 5) is 28.0. The van der Waals surface area contributed by atoms with Gasteiger partial charge >= 0.3 is 0 Å². The molecule has 0 radical (unpaired) electrons. The van der Waals surface area contributed by atoms with E-state index in [9.17, 15) is 9.59 Å². The molecule has 5 nitrogen and oxygen atoms in total. The van der Waals surface area contributed by atoms with Crippen LogP contribution in [0.2, 0.25) is 0 Å². The molecule has 1 aliphatic heterocycles. The number of piperidine rings is 1. The Balaban J connectivity index is 1.90. The van der Waals surface area contributed by atoms with E-state index in [1.165, 1.54) is 0 Å². The van der Waals surface area contributed by atoms with E-state index in [4.69, 9.17) is 0 Å². The fourth-order valence-corrected chi connectivity index (χ4v) is 3.61. The minimum Gasteiger partial charge on any atom is -0.343 e. The fourth-order valence-electron chi connectivity index (χ4n) is 3.61. The van der Waals surface area contributed by atoms with Gasteiger partial charge < -0.3 is 15.1 Å². The molecule has 0 spiro atoms. The van der Waals surface area contributed by atoms with Gasteiger partial charge in [-0.1, -0.05) is 43.7 Å². The second-order valence-corrected chi connectivity index (χ2v) is 7.10.